The lowest BCUT2D eigenvalue weighted by atomic mass is 9.53. The van der Waals surface area contributed by atoms with Gasteiger partial charge in [-0.3, -0.25) is 4.79 Å². The highest BCUT2D eigenvalue weighted by Crippen LogP contribution is 2.57. The monoisotopic (exact) mass is 236 g/mol. The zero-order chi connectivity index (χ0) is 12.2. The van der Waals surface area contributed by atoms with Gasteiger partial charge in [0.05, 0.1) is 5.92 Å². The molecule has 1 saturated heterocycles. The van der Waals surface area contributed by atoms with E-state index in [9.17, 15) is 4.79 Å². The minimum atomic E-state index is 0.0574. The Morgan fingerprint density at radius 2 is 2.00 bits per heavy atom. The summed E-state index contributed by atoms with van der Waals surface area (Å²) in [6.07, 6.45) is 6.72. The summed E-state index contributed by atoms with van der Waals surface area (Å²) in [6, 6.07) is 0. The molecule has 3 rings (SSSR count). The van der Waals surface area contributed by atoms with Crippen LogP contribution in [-0.4, -0.2) is 12.1 Å². The number of carbonyl (C=O) groups excluding carboxylic acids is 1. The van der Waals surface area contributed by atoms with Gasteiger partial charge in [-0.1, -0.05) is 33.6 Å². The lowest BCUT2D eigenvalue weighted by molar-refractivity contribution is -0.152. The summed E-state index contributed by atoms with van der Waals surface area (Å²) in [7, 11) is 0. The number of esters is 1. The Morgan fingerprint density at radius 1 is 1.24 bits per heavy atom. The third-order valence-corrected chi connectivity index (χ3v) is 5.92. The molecule has 2 nitrogen and oxygen atoms in total. The number of hydrogen-bond donors (Lipinski definition) is 0. The van der Waals surface area contributed by atoms with Crippen molar-refractivity contribution in [3.8, 4) is 0 Å². The summed E-state index contributed by atoms with van der Waals surface area (Å²) >= 11 is 0. The number of rotatable bonds is 0. The van der Waals surface area contributed by atoms with Gasteiger partial charge in [0, 0.05) is 11.8 Å². The van der Waals surface area contributed by atoms with E-state index in [1.54, 1.807) is 0 Å². The number of carbonyl (C=O) groups is 1. The SMILES string of the molecule is C[C@H]1CCC[C@]2(C)CC[C@@H]3[C@@H](OC(=O)[C@@H]3C)[C@@H]12. The molecule has 0 amide bonds. The number of ether oxygens (including phenoxy) is 1. The minimum absolute atomic E-state index is 0.0574. The molecular weight excluding hydrogens is 212 g/mol. The highest BCUT2D eigenvalue weighted by atomic mass is 16.6. The van der Waals surface area contributed by atoms with Crippen LogP contribution < -0.4 is 0 Å². The zero-order valence-electron chi connectivity index (χ0n) is 11.2. The molecule has 0 N–H and O–H groups in total. The molecule has 2 heteroatoms. The van der Waals surface area contributed by atoms with Gasteiger partial charge in [-0.25, -0.2) is 0 Å². The van der Waals surface area contributed by atoms with Crippen molar-refractivity contribution in [2.75, 3.05) is 0 Å². The molecule has 0 unspecified atom stereocenters. The fraction of sp³-hybridized carbons (Fsp3) is 0.933. The van der Waals surface area contributed by atoms with E-state index in [0.29, 0.717) is 17.3 Å². The van der Waals surface area contributed by atoms with Crippen LogP contribution in [0.3, 0.4) is 0 Å². The van der Waals surface area contributed by atoms with Crippen LogP contribution in [0.1, 0.15) is 52.9 Å². The molecule has 2 saturated carbocycles. The first-order valence-electron chi connectivity index (χ1n) is 7.23. The Bertz CT molecular complexity index is 338. The Hall–Kier alpha value is -0.530. The lowest BCUT2D eigenvalue weighted by Gasteiger charge is -2.52. The summed E-state index contributed by atoms with van der Waals surface area (Å²) in [5, 5.41) is 0. The minimum Gasteiger partial charge on any atom is -0.462 e. The summed E-state index contributed by atoms with van der Waals surface area (Å²) in [5.74, 6) is 2.03. The largest absolute Gasteiger partial charge is 0.462 e. The maximum Gasteiger partial charge on any atom is 0.309 e. The Balaban J connectivity index is 1.92. The molecule has 0 spiro atoms. The Morgan fingerprint density at radius 3 is 2.76 bits per heavy atom. The molecule has 3 fully saturated rings. The van der Waals surface area contributed by atoms with Gasteiger partial charge in [-0.05, 0) is 30.6 Å². The van der Waals surface area contributed by atoms with E-state index < -0.39 is 0 Å². The highest BCUT2D eigenvalue weighted by molar-refractivity contribution is 5.75. The van der Waals surface area contributed by atoms with Gasteiger partial charge in [0.15, 0.2) is 0 Å². The number of fused-ring (bicyclic) bond motifs is 3. The molecule has 0 aromatic heterocycles. The third kappa shape index (κ3) is 1.56. The van der Waals surface area contributed by atoms with Crippen LogP contribution in [0.2, 0.25) is 0 Å². The van der Waals surface area contributed by atoms with Gasteiger partial charge in [0.25, 0.3) is 0 Å². The molecule has 96 valence electrons. The van der Waals surface area contributed by atoms with E-state index in [-0.39, 0.29) is 18.0 Å². The van der Waals surface area contributed by atoms with Crippen LogP contribution in [0, 0.1) is 29.1 Å². The van der Waals surface area contributed by atoms with E-state index in [1.807, 2.05) is 0 Å². The number of hydrogen-bond acceptors (Lipinski definition) is 2. The van der Waals surface area contributed by atoms with Crippen LogP contribution in [0.5, 0.6) is 0 Å². The van der Waals surface area contributed by atoms with Gasteiger partial charge < -0.3 is 4.74 Å². The van der Waals surface area contributed by atoms with Crippen molar-refractivity contribution < 1.29 is 9.53 Å². The second kappa shape index (κ2) is 3.73. The first-order chi connectivity index (χ1) is 8.03. The molecule has 1 heterocycles. The maximum atomic E-state index is 11.8. The van der Waals surface area contributed by atoms with E-state index in [0.717, 1.165) is 5.92 Å². The maximum absolute atomic E-state index is 11.8. The second-order valence-electron chi connectivity index (χ2n) is 6.94. The van der Waals surface area contributed by atoms with Crippen LogP contribution >= 0.6 is 0 Å². The fourth-order valence-corrected chi connectivity index (χ4v) is 4.91. The normalized spacial score (nSPS) is 53.8. The zero-order valence-corrected chi connectivity index (χ0v) is 11.2. The molecule has 3 aliphatic rings. The summed E-state index contributed by atoms with van der Waals surface area (Å²) in [4.78, 5) is 11.8. The van der Waals surface area contributed by atoms with Crippen molar-refractivity contribution in [3.05, 3.63) is 0 Å². The Kier molecular flexibility index (Phi) is 2.53. The fourth-order valence-electron chi connectivity index (χ4n) is 4.91. The molecule has 0 bridgehead atoms. The van der Waals surface area contributed by atoms with Gasteiger partial charge in [0.2, 0.25) is 0 Å². The van der Waals surface area contributed by atoms with Crippen LogP contribution in [0.15, 0.2) is 0 Å². The molecule has 0 aromatic rings. The molecule has 6 atom stereocenters. The van der Waals surface area contributed by atoms with Gasteiger partial charge in [-0.2, -0.15) is 0 Å². The summed E-state index contributed by atoms with van der Waals surface area (Å²) in [6.45, 7) is 6.85. The predicted molar refractivity (Wildman–Crippen MR) is 66.4 cm³/mol. The standard InChI is InChI=1S/C15H24O2/c1-9-5-4-7-15(3)8-6-11-10(2)14(16)17-13(11)12(9)15/h9-13H,4-8H2,1-3H3/t9-,10+,11-,12+,13+,15+/m0/s1. The molecular formula is C15H24O2. The average Bonchev–Trinajstić information content (AvgIpc) is 2.54. The van der Waals surface area contributed by atoms with Crippen molar-refractivity contribution >= 4 is 5.97 Å². The van der Waals surface area contributed by atoms with Crippen LogP contribution in [-0.2, 0) is 9.53 Å². The van der Waals surface area contributed by atoms with E-state index in [2.05, 4.69) is 20.8 Å². The third-order valence-electron chi connectivity index (χ3n) is 5.92. The van der Waals surface area contributed by atoms with E-state index >= 15 is 0 Å². The molecule has 1 aliphatic heterocycles. The smallest absolute Gasteiger partial charge is 0.309 e. The van der Waals surface area contributed by atoms with Crippen molar-refractivity contribution in [3.63, 3.8) is 0 Å². The molecule has 17 heavy (non-hydrogen) atoms. The average molecular weight is 236 g/mol. The first kappa shape index (κ1) is 11.6. The first-order valence-corrected chi connectivity index (χ1v) is 7.23. The topological polar surface area (TPSA) is 26.3 Å². The molecule has 0 aromatic carbocycles. The van der Waals surface area contributed by atoms with Gasteiger partial charge in [-0.15, -0.1) is 0 Å². The quantitative estimate of drug-likeness (QED) is 0.603. The predicted octanol–water partition coefficient (Wildman–Crippen LogP) is 3.40. The van der Waals surface area contributed by atoms with E-state index in [1.165, 1.54) is 32.1 Å². The molecule has 2 aliphatic carbocycles. The highest BCUT2D eigenvalue weighted by Gasteiger charge is 2.56. The summed E-state index contributed by atoms with van der Waals surface area (Å²) < 4.78 is 5.74. The van der Waals surface area contributed by atoms with Crippen molar-refractivity contribution in [1.29, 1.82) is 0 Å². The van der Waals surface area contributed by atoms with Gasteiger partial charge in [0.1, 0.15) is 6.10 Å². The summed E-state index contributed by atoms with van der Waals surface area (Å²) in [5.41, 5.74) is 0.434. The van der Waals surface area contributed by atoms with Crippen molar-refractivity contribution in [2.24, 2.45) is 29.1 Å². The Labute approximate surface area is 104 Å². The lowest BCUT2D eigenvalue weighted by Crippen LogP contribution is -2.49. The molecule has 0 radical (unpaired) electrons. The van der Waals surface area contributed by atoms with Crippen LogP contribution in [0.4, 0.5) is 0 Å². The van der Waals surface area contributed by atoms with Crippen molar-refractivity contribution in [2.45, 2.75) is 59.0 Å². The van der Waals surface area contributed by atoms with Crippen LogP contribution in [0.25, 0.3) is 0 Å². The second-order valence-corrected chi connectivity index (χ2v) is 6.94. The van der Waals surface area contributed by atoms with Crippen molar-refractivity contribution in [1.82, 2.24) is 0 Å². The van der Waals surface area contributed by atoms with E-state index in [4.69, 9.17) is 4.74 Å². The van der Waals surface area contributed by atoms with Gasteiger partial charge >= 0.3 is 5.97 Å².